The number of methoxy groups -OCH3 is 1. The fraction of sp³-hybridized carbons (Fsp3) is 0.538. The maximum atomic E-state index is 9.49. The first-order chi connectivity index (χ1) is 8.26. The molecule has 2 rings (SSSR count). The molecule has 2 atom stereocenters. The van der Waals surface area contributed by atoms with E-state index in [2.05, 4.69) is 17.0 Å². The maximum Gasteiger partial charge on any atom is 0.0629 e. The smallest absolute Gasteiger partial charge is 0.0629 e. The first kappa shape index (κ1) is 12.5. The Morgan fingerprint density at radius 2 is 1.94 bits per heavy atom. The zero-order valence-corrected chi connectivity index (χ0v) is 10.2. The van der Waals surface area contributed by atoms with E-state index in [1.54, 1.807) is 7.11 Å². The van der Waals surface area contributed by atoms with Gasteiger partial charge in [0.05, 0.1) is 19.3 Å². The fourth-order valence-electron chi connectivity index (χ4n) is 2.42. The minimum Gasteiger partial charge on any atom is -0.395 e. The van der Waals surface area contributed by atoms with Crippen molar-refractivity contribution in [2.75, 3.05) is 20.3 Å². The van der Waals surface area contributed by atoms with Gasteiger partial charge in [-0.05, 0) is 11.1 Å². The van der Waals surface area contributed by atoms with E-state index in [0.717, 1.165) is 13.1 Å². The molecule has 3 N–H and O–H groups in total. The molecule has 1 aromatic rings. The highest BCUT2D eigenvalue weighted by atomic mass is 16.5. The molecule has 0 fully saturated rings. The lowest BCUT2D eigenvalue weighted by Crippen LogP contribution is -2.50. The van der Waals surface area contributed by atoms with Gasteiger partial charge in [-0.2, -0.15) is 0 Å². The SMILES string of the molecule is COCC(N)C(CO)N1Cc2ccccc2C1. The molecule has 4 heteroatoms. The molecule has 0 amide bonds. The highest BCUT2D eigenvalue weighted by Crippen LogP contribution is 2.24. The molecule has 0 bridgehead atoms. The minimum atomic E-state index is -0.153. The average Bonchev–Trinajstić information content (AvgIpc) is 2.73. The van der Waals surface area contributed by atoms with Crippen molar-refractivity contribution in [1.29, 1.82) is 0 Å². The highest BCUT2D eigenvalue weighted by molar-refractivity contribution is 5.30. The molecule has 0 saturated carbocycles. The highest BCUT2D eigenvalue weighted by Gasteiger charge is 2.29. The summed E-state index contributed by atoms with van der Waals surface area (Å²) in [5.41, 5.74) is 8.69. The summed E-state index contributed by atoms with van der Waals surface area (Å²) in [6, 6.07) is 8.16. The van der Waals surface area contributed by atoms with Gasteiger partial charge in [0.1, 0.15) is 0 Å². The maximum absolute atomic E-state index is 9.49. The van der Waals surface area contributed by atoms with Gasteiger partial charge in [-0.15, -0.1) is 0 Å². The number of aliphatic hydroxyl groups is 1. The number of hydrogen-bond acceptors (Lipinski definition) is 4. The molecule has 0 spiro atoms. The Balaban J connectivity index is 2.05. The Morgan fingerprint density at radius 1 is 1.35 bits per heavy atom. The zero-order valence-electron chi connectivity index (χ0n) is 10.2. The van der Waals surface area contributed by atoms with Gasteiger partial charge in [0.15, 0.2) is 0 Å². The van der Waals surface area contributed by atoms with Crippen LogP contribution in [0, 0.1) is 0 Å². The van der Waals surface area contributed by atoms with E-state index in [-0.39, 0.29) is 18.7 Å². The predicted molar refractivity (Wildman–Crippen MR) is 66.4 cm³/mol. The number of nitrogens with zero attached hydrogens (tertiary/aromatic N) is 1. The summed E-state index contributed by atoms with van der Waals surface area (Å²) in [6.45, 7) is 2.26. The van der Waals surface area contributed by atoms with Crippen LogP contribution >= 0.6 is 0 Å². The Bertz CT molecular complexity index is 345. The molecule has 1 aliphatic rings. The topological polar surface area (TPSA) is 58.7 Å². The molecule has 0 aromatic heterocycles. The number of hydrogen-bond donors (Lipinski definition) is 2. The van der Waals surface area contributed by atoms with Gasteiger partial charge >= 0.3 is 0 Å². The standard InChI is InChI=1S/C13H20N2O2/c1-17-9-12(14)13(8-16)15-6-10-4-2-3-5-11(10)7-15/h2-5,12-13,16H,6-9,14H2,1H3. The summed E-state index contributed by atoms with van der Waals surface area (Å²) in [7, 11) is 1.63. The van der Waals surface area contributed by atoms with Crippen LogP contribution in [0.4, 0.5) is 0 Å². The number of ether oxygens (including phenoxy) is 1. The molecular weight excluding hydrogens is 216 g/mol. The van der Waals surface area contributed by atoms with Gasteiger partial charge in [0.2, 0.25) is 0 Å². The molecule has 17 heavy (non-hydrogen) atoms. The lowest BCUT2D eigenvalue weighted by atomic mass is 10.1. The van der Waals surface area contributed by atoms with Crippen molar-refractivity contribution >= 4 is 0 Å². The third-order valence-electron chi connectivity index (χ3n) is 3.37. The second-order valence-electron chi connectivity index (χ2n) is 4.54. The summed E-state index contributed by atoms with van der Waals surface area (Å²) in [4.78, 5) is 2.22. The molecule has 1 aromatic carbocycles. The third-order valence-corrected chi connectivity index (χ3v) is 3.37. The normalized spacial score (nSPS) is 19.0. The van der Waals surface area contributed by atoms with E-state index < -0.39 is 0 Å². The Kier molecular flexibility index (Phi) is 4.12. The number of nitrogens with two attached hydrogens (primary N) is 1. The van der Waals surface area contributed by atoms with Gasteiger partial charge in [-0.25, -0.2) is 0 Å². The number of rotatable bonds is 5. The van der Waals surface area contributed by atoms with Crippen LogP contribution in [0.2, 0.25) is 0 Å². The van der Waals surface area contributed by atoms with Crippen molar-refractivity contribution in [1.82, 2.24) is 4.90 Å². The van der Waals surface area contributed by atoms with Crippen LogP contribution in [0.3, 0.4) is 0 Å². The molecule has 1 heterocycles. The Hall–Kier alpha value is -0.940. The average molecular weight is 236 g/mol. The molecule has 1 aliphatic heterocycles. The minimum absolute atomic E-state index is 0.0395. The van der Waals surface area contributed by atoms with Crippen molar-refractivity contribution in [2.45, 2.75) is 25.2 Å². The largest absolute Gasteiger partial charge is 0.395 e. The van der Waals surface area contributed by atoms with Crippen LogP contribution in [-0.4, -0.2) is 42.4 Å². The van der Waals surface area contributed by atoms with Gasteiger partial charge in [0.25, 0.3) is 0 Å². The van der Waals surface area contributed by atoms with Crippen molar-refractivity contribution in [3.63, 3.8) is 0 Å². The van der Waals surface area contributed by atoms with E-state index in [1.807, 2.05) is 12.1 Å². The molecule has 94 valence electrons. The second kappa shape index (κ2) is 5.60. The van der Waals surface area contributed by atoms with Gasteiger partial charge in [0, 0.05) is 26.2 Å². The van der Waals surface area contributed by atoms with E-state index in [4.69, 9.17) is 10.5 Å². The van der Waals surface area contributed by atoms with E-state index >= 15 is 0 Å². The third kappa shape index (κ3) is 2.66. The molecular formula is C13H20N2O2. The van der Waals surface area contributed by atoms with Crippen molar-refractivity contribution in [3.8, 4) is 0 Å². The van der Waals surface area contributed by atoms with Crippen molar-refractivity contribution in [3.05, 3.63) is 35.4 Å². The van der Waals surface area contributed by atoms with E-state index in [0.29, 0.717) is 6.61 Å². The molecule has 0 radical (unpaired) electrons. The van der Waals surface area contributed by atoms with Crippen LogP contribution in [0.15, 0.2) is 24.3 Å². The van der Waals surface area contributed by atoms with Crippen LogP contribution in [-0.2, 0) is 17.8 Å². The molecule has 0 aliphatic carbocycles. The zero-order chi connectivity index (χ0) is 12.3. The molecule has 4 nitrogen and oxygen atoms in total. The quantitative estimate of drug-likeness (QED) is 0.774. The molecule has 2 unspecified atom stereocenters. The summed E-state index contributed by atoms with van der Waals surface area (Å²) in [6.07, 6.45) is 0. The Morgan fingerprint density at radius 3 is 2.41 bits per heavy atom. The molecule has 0 saturated heterocycles. The van der Waals surface area contributed by atoms with Crippen LogP contribution in [0.25, 0.3) is 0 Å². The lowest BCUT2D eigenvalue weighted by molar-refractivity contribution is 0.0687. The van der Waals surface area contributed by atoms with E-state index in [1.165, 1.54) is 11.1 Å². The monoisotopic (exact) mass is 236 g/mol. The van der Waals surface area contributed by atoms with Crippen LogP contribution in [0.5, 0.6) is 0 Å². The first-order valence-electron chi connectivity index (χ1n) is 5.92. The van der Waals surface area contributed by atoms with E-state index in [9.17, 15) is 5.11 Å². The summed E-state index contributed by atoms with van der Waals surface area (Å²) < 4.78 is 5.06. The van der Waals surface area contributed by atoms with Crippen molar-refractivity contribution in [2.24, 2.45) is 5.73 Å². The van der Waals surface area contributed by atoms with Gasteiger partial charge in [-0.3, -0.25) is 4.90 Å². The number of aliphatic hydroxyl groups excluding tert-OH is 1. The summed E-state index contributed by atoms with van der Waals surface area (Å²) >= 11 is 0. The Labute approximate surface area is 102 Å². The summed E-state index contributed by atoms with van der Waals surface area (Å²) in [5, 5.41) is 9.49. The van der Waals surface area contributed by atoms with Crippen LogP contribution < -0.4 is 5.73 Å². The number of benzene rings is 1. The fourth-order valence-corrected chi connectivity index (χ4v) is 2.42. The lowest BCUT2D eigenvalue weighted by Gasteiger charge is -2.30. The summed E-state index contributed by atoms with van der Waals surface area (Å²) in [5.74, 6) is 0. The van der Waals surface area contributed by atoms with Crippen molar-refractivity contribution < 1.29 is 9.84 Å². The van der Waals surface area contributed by atoms with Crippen LogP contribution in [0.1, 0.15) is 11.1 Å². The predicted octanol–water partition coefficient (Wildman–Crippen LogP) is 0.337. The van der Waals surface area contributed by atoms with Gasteiger partial charge < -0.3 is 15.6 Å². The number of fused-ring (bicyclic) bond motifs is 1. The second-order valence-corrected chi connectivity index (χ2v) is 4.54. The van der Waals surface area contributed by atoms with Gasteiger partial charge in [-0.1, -0.05) is 24.3 Å². The first-order valence-corrected chi connectivity index (χ1v) is 5.92.